The molecule has 138 valence electrons. The molecule has 3 aromatic rings. The minimum Gasteiger partial charge on any atom is -0.355 e. The lowest BCUT2D eigenvalue weighted by Gasteiger charge is -2.18. The normalized spacial score (nSPS) is 16.0. The Labute approximate surface area is 162 Å². The summed E-state index contributed by atoms with van der Waals surface area (Å²) in [6.45, 7) is 2.23. The van der Waals surface area contributed by atoms with Crippen LogP contribution in [0.15, 0.2) is 42.5 Å². The van der Waals surface area contributed by atoms with Crippen molar-refractivity contribution in [2.24, 2.45) is 5.92 Å². The molecule has 1 aliphatic carbocycles. The molecule has 4 rings (SSSR count). The molecule has 4 nitrogen and oxygen atoms in total. The van der Waals surface area contributed by atoms with Crippen molar-refractivity contribution in [2.75, 3.05) is 12.4 Å². The molecule has 0 bridgehead atoms. The lowest BCUT2D eigenvalue weighted by molar-refractivity contribution is 0.0963. The number of thiophene rings is 1. The molecule has 0 saturated carbocycles. The van der Waals surface area contributed by atoms with E-state index in [1.54, 1.807) is 18.4 Å². The van der Waals surface area contributed by atoms with Gasteiger partial charge in [-0.05, 0) is 47.6 Å². The Morgan fingerprint density at radius 3 is 2.67 bits per heavy atom. The molecule has 0 radical (unpaired) electrons. The zero-order valence-corrected chi connectivity index (χ0v) is 16.3. The fourth-order valence-electron chi connectivity index (χ4n) is 3.80. The van der Waals surface area contributed by atoms with Gasteiger partial charge in [0.05, 0.1) is 5.56 Å². The SMILES string of the molecule is CNC(=O)c1c(NC(=O)c2cccc3ccccc23)sc2c1CC[C@H](C)C2. The Balaban J connectivity index is 1.73. The first-order chi connectivity index (χ1) is 13.1. The van der Waals surface area contributed by atoms with Crippen LogP contribution in [0, 0.1) is 5.92 Å². The highest BCUT2D eigenvalue weighted by Crippen LogP contribution is 2.40. The number of nitrogens with one attached hydrogen (secondary N) is 2. The smallest absolute Gasteiger partial charge is 0.256 e. The van der Waals surface area contributed by atoms with Gasteiger partial charge in [0.1, 0.15) is 5.00 Å². The van der Waals surface area contributed by atoms with E-state index in [-0.39, 0.29) is 11.8 Å². The molecule has 1 heterocycles. The number of amides is 2. The van der Waals surface area contributed by atoms with E-state index in [1.807, 2.05) is 42.5 Å². The second-order valence-corrected chi connectivity index (χ2v) is 8.22. The summed E-state index contributed by atoms with van der Waals surface area (Å²) < 4.78 is 0. The zero-order valence-electron chi connectivity index (χ0n) is 15.5. The highest BCUT2D eigenvalue weighted by atomic mass is 32.1. The predicted octanol–water partition coefficient (Wildman–Crippen LogP) is 4.64. The van der Waals surface area contributed by atoms with E-state index >= 15 is 0 Å². The molecule has 1 atom stereocenters. The highest BCUT2D eigenvalue weighted by molar-refractivity contribution is 7.17. The predicted molar refractivity (Wildman–Crippen MR) is 111 cm³/mol. The molecule has 0 aliphatic heterocycles. The van der Waals surface area contributed by atoms with E-state index in [0.29, 0.717) is 22.0 Å². The van der Waals surface area contributed by atoms with Crippen LogP contribution in [0.25, 0.3) is 10.8 Å². The lowest BCUT2D eigenvalue weighted by atomic mass is 9.88. The summed E-state index contributed by atoms with van der Waals surface area (Å²) in [4.78, 5) is 26.8. The van der Waals surface area contributed by atoms with Crippen LogP contribution in [0.5, 0.6) is 0 Å². The van der Waals surface area contributed by atoms with Crippen molar-refractivity contribution in [3.8, 4) is 0 Å². The first-order valence-corrected chi connectivity index (χ1v) is 10.1. The largest absolute Gasteiger partial charge is 0.355 e. The summed E-state index contributed by atoms with van der Waals surface area (Å²) in [5.41, 5.74) is 2.36. The second kappa shape index (κ2) is 7.16. The molecular weight excluding hydrogens is 356 g/mol. The Hall–Kier alpha value is -2.66. The van der Waals surface area contributed by atoms with E-state index in [2.05, 4.69) is 17.6 Å². The average molecular weight is 378 g/mol. The van der Waals surface area contributed by atoms with Gasteiger partial charge in [0, 0.05) is 17.5 Å². The highest BCUT2D eigenvalue weighted by Gasteiger charge is 2.28. The van der Waals surface area contributed by atoms with Crippen LogP contribution in [0.1, 0.15) is 44.5 Å². The van der Waals surface area contributed by atoms with Crippen molar-refractivity contribution in [1.29, 1.82) is 0 Å². The van der Waals surface area contributed by atoms with Gasteiger partial charge in [0.2, 0.25) is 0 Å². The van der Waals surface area contributed by atoms with Gasteiger partial charge in [-0.3, -0.25) is 9.59 Å². The summed E-state index contributed by atoms with van der Waals surface area (Å²) >= 11 is 1.55. The zero-order chi connectivity index (χ0) is 19.0. The van der Waals surface area contributed by atoms with Gasteiger partial charge in [-0.15, -0.1) is 11.3 Å². The number of benzene rings is 2. The molecule has 1 aliphatic rings. The fraction of sp³-hybridized carbons (Fsp3) is 0.273. The molecule has 0 unspecified atom stereocenters. The standard InChI is InChI=1S/C22H22N2O2S/c1-13-10-11-17-18(12-13)27-22(19(17)21(26)23-2)24-20(25)16-9-5-7-14-6-3-4-8-15(14)16/h3-9,13H,10-12H2,1-2H3,(H,23,26)(H,24,25)/t13-/m0/s1. The first kappa shape index (κ1) is 17.7. The van der Waals surface area contributed by atoms with Crippen molar-refractivity contribution in [3.05, 3.63) is 64.0 Å². The number of hydrogen-bond acceptors (Lipinski definition) is 3. The Kier molecular flexibility index (Phi) is 4.70. The lowest BCUT2D eigenvalue weighted by Crippen LogP contribution is -2.22. The van der Waals surface area contributed by atoms with Crippen molar-refractivity contribution in [1.82, 2.24) is 5.32 Å². The minimum absolute atomic E-state index is 0.129. The van der Waals surface area contributed by atoms with E-state index in [0.717, 1.165) is 35.6 Å². The third-order valence-electron chi connectivity index (χ3n) is 5.23. The quantitative estimate of drug-likeness (QED) is 0.698. The van der Waals surface area contributed by atoms with Crippen LogP contribution in [0.3, 0.4) is 0 Å². The fourth-order valence-corrected chi connectivity index (χ4v) is 5.20. The van der Waals surface area contributed by atoms with Gasteiger partial charge in [-0.25, -0.2) is 0 Å². The van der Waals surface area contributed by atoms with Crippen molar-refractivity contribution >= 4 is 38.9 Å². The summed E-state index contributed by atoms with van der Waals surface area (Å²) in [5.74, 6) is 0.300. The molecule has 0 spiro atoms. The molecule has 5 heteroatoms. The maximum atomic E-state index is 13.0. The molecule has 2 N–H and O–H groups in total. The van der Waals surface area contributed by atoms with Crippen LogP contribution >= 0.6 is 11.3 Å². The van der Waals surface area contributed by atoms with Crippen molar-refractivity contribution in [3.63, 3.8) is 0 Å². The minimum atomic E-state index is -0.177. The van der Waals surface area contributed by atoms with Gasteiger partial charge in [0.25, 0.3) is 11.8 Å². The second-order valence-electron chi connectivity index (χ2n) is 7.12. The molecule has 27 heavy (non-hydrogen) atoms. The maximum absolute atomic E-state index is 13.0. The summed E-state index contributed by atoms with van der Waals surface area (Å²) in [7, 11) is 1.63. The monoisotopic (exact) mass is 378 g/mol. The van der Waals surface area contributed by atoms with Gasteiger partial charge in [-0.2, -0.15) is 0 Å². The maximum Gasteiger partial charge on any atom is 0.256 e. The van der Waals surface area contributed by atoms with E-state index in [1.165, 1.54) is 4.88 Å². The average Bonchev–Trinajstić information content (AvgIpc) is 3.03. The molecule has 2 aromatic carbocycles. The molecule has 0 saturated heterocycles. The number of anilines is 1. The number of hydrogen-bond donors (Lipinski definition) is 2. The topological polar surface area (TPSA) is 58.2 Å². The number of carbonyl (C=O) groups excluding carboxylic acids is 2. The summed E-state index contributed by atoms with van der Waals surface area (Å²) in [6, 6.07) is 13.5. The third-order valence-corrected chi connectivity index (χ3v) is 6.40. The van der Waals surface area contributed by atoms with Crippen LogP contribution in [0.2, 0.25) is 0 Å². The van der Waals surface area contributed by atoms with Gasteiger partial charge < -0.3 is 10.6 Å². The Morgan fingerprint density at radius 2 is 1.85 bits per heavy atom. The van der Waals surface area contributed by atoms with Crippen molar-refractivity contribution in [2.45, 2.75) is 26.2 Å². The van der Waals surface area contributed by atoms with Crippen LogP contribution in [0.4, 0.5) is 5.00 Å². The third kappa shape index (κ3) is 3.23. The number of carbonyl (C=O) groups is 2. The number of rotatable bonds is 3. The van der Waals surface area contributed by atoms with Crippen molar-refractivity contribution < 1.29 is 9.59 Å². The molecule has 0 fully saturated rings. The van der Waals surface area contributed by atoms with E-state index < -0.39 is 0 Å². The van der Waals surface area contributed by atoms with Gasteiger partial charge >= 0.3 is 0 Å². The van der Waals surface area contributed by atoms with Crippen LogP contribution in [-0.4, -0.2) is 18.9 Å². The molecule has 2 amide bonds. The van der Waals surface area contributed by atoms with Gasteiger partial charge in [0.15, 0.2) is 0 Å². The first-order valence-electron chi connectivity index (χ1n) is 9.24. The Bertz CT molecular complexity index is 1030. The van der Waals surface area contributed by atoms with E-state index in [9.17, 15) is 9.59 Å². The summed E-state index contributed by atoms with van der Waals surface area (Å²) in [5, 5.41) is 8.35. The van der Waals surface area contributed by atoms with Crippen LogP contribution < -0.4 is 10.6 Å². The Morgan fingerprint density at radius 1 is 1.07 bits per heavy atom. The van der Waals surface area contributed by atoms with E-state index in [4.69, 9.17) is 0 Å². The number of fused-ring (bicyclic) bond motifs is 2. The van der Waals surface area contributed by atoms with Crippen LogP contribution in [-0.2, 0) is 12.8 Å². The molecular formula is C22H22N2O2S. The van der Waals surface area contributed by atoms with Gasteiger partial charge in [-0.1, -0.05) is 43.3 Å². The summed E-state index contributed by atoms with van der Waals surface area (Å²) in [6.07, 6.45) is 2.93. The molecule has 1 aromatic heterocycles.